The maximum Gasteiger partial charge on any atom is 0.273 e. The van der Waals surface area contributed by atoms with Crippen LogP contribution in [0.4, 0.5) is 0 Å². The molecule has 0 aliphatic carbocycles. The summed E-state index contributed by atoms with van der Waals surface area (Å²) in [5.41, 5.74) is 0. The van der Waals surface area contributed by atoms with Crippen molar-refractivity contribution in [3.05, 3.63) is 0 Å². The minimum Gasteiger partial charge on any atom is -0.338 e. The molecule has 32 valence electrons. The third kappa shape index (κ3) is 4.64. The van der Waals surface area contributed by atoms with Crippen molar-refractivity contribution in [1.29, 1.82) is 0 Å². The molecular formula is CH4ClO2P. The fraction of sp³-hybridized carbons (Fsp3) is 1.00. The van der Waals surface area contributed by atoms with Crippen LogP contribution >= 0.6 is 19.0 Å². The molecule has 0 amide bonds. The van der Waals surface area contributed by atoms with Gasteiger partial charge in [0.05, 0.1) is 0 Å². The van der Waals surface area contributed by atoms with Gasteiger partial charge in [-0.05, 0) is 11.2 Å². The second kappa shape index (κ2) is 2.86. The maximum atomic E-state index is 7.97. The zero-order valence-electron chi connectivity index (χ0n) is 2.68. The Balaban J connectivity index is 2.54. The fourth-order valence-electron chi connectivity index (χ4n) is 0. The Morgan fingerprint density at radius 1 is 2.00 bits per heavy atom. The summed E-state index contributed by atoms with van der Waals surface area (Å²) in [5.74, 6) is 0. The molecule has 4 heteroatoms. The molecule has 1 N–H and O–H groups in total. The van der Waals surface area contributed by atoms with E-state index in [-0.39, 0.29) is 0 Å². The van der Waals surface area contributed by atoms with Gasteiger partial charge in [-0.3, -0.25) is 0 Å². The molecule has 0 radical (unpaired) electrons. The Labute approximate surface area is 36.4 Å². The van der Waals surface area contributed by atoms with Gasteiger partial charge in [0.1, 0.15) is 0 Å². The lowest BCUT2D eigenvalue weighted by Gasteiger charge is -1.88. The quantitative estimate of drug-likeness (QED) is 0.517. The third-order valence-electron chi connectivity index (χ3n) is 0.151. The highest BCUT2D eigenvalue weighted by molar-refractivity contribution is 7.75. The Morgan fingerprint density at radius 2 is 2.20 bits per heavy atom. The van der Waals surface area contributed by atoms with Crippen molar-refractivity contribution < 1.29 is 9.42 Å². The van der Waals surface area contributed by atoms with Crippen LogP contribution in [0.5, 0.6) is 0 Å². The molecule has 0 aromatic heterocycles. The molecule has 0 aliphatic heterocycles. The van der Waals surface area contributed by atoms with Gasteiger partial charge in [0, 0.05) is 7.11 Å². The second-order valence-corrected chi connectivity index (χ2v) is 2.09. The van der Waals surface area contributed by atoms with E-state index >= 15 is 0 Å². The molecule has 0 rings (SSSR count). The highest BCUT2D eigenvalue weighted by Gasteiger charge is 1.87. The third-order valence-corrected chi connectivity index (χ3v) is 0.866. The molecule has 0 bridgehead atoms. The van der Waals surface area contributed by atoms with E-state index in [2.05, 4.69) is 4.52 Å². The van der Waals surface area contributed by atoms with Crippen molar-refractivity contribution in [2.75, 3.05) is 7.11 Å². The van der Waals surface area contributed by atoms with Crippen molar-refractivity contribution in [1.82, 2.24) is 0 Å². The van der Waals surface area contributed by atoms with Gasteiger partial charge < -0.3 is 9.42 Å². The van der Waals surface area contributed by atoms with Crippen LogP contribution < -0.4 is 0 Å². The van der Waals surface area contributed by atoms with Gasteiger partial charge in [0.2, 0.25) is 0 Å². The van der Waals surface area contributed by atoms with Gasteiger partial charge in [-0.1, -0.05) is 0 Å². The predicted molar refractivity (Wildman–Crippen MR) is 22.0 cm³/mol. The van der Waals surface area contributed by atoms with Crippen molar-refractivity contribution in [2.45, 2.75) is 0 Å². The van der Waals surface area contributed by atoms with Gasteiger partial charge in [0.15, 0.2) is 0 Å². The summed E-state index contributed by atoms with van der Waals surface area (Å²) in [4.78, 5) is 7.97. The first-order chi connectivity index (χ1) is 2.27. The van der Waals surface area contributed by atoms with Gasteiger partial charge in [0.25, 0.3) is 7.73 Å². The lowest BCUT2D eigenvalue weighted by atomic mass is 11.8. The number of rotatable bonds is 1. The summed E-state index contributed by atoms with van der Waals surface area (Å²) in [6.07, 6.45) is 0. The molecule has 0 saturated carbocycles. The number of halogens is 1. The first-order valence-corrected chi connectivity index (χ1v) is 3.08. The Morgan fingerprint density at radius 3 is 2.20 bits per heavy atom. The highest BCUT2D eigenvalue weighted by atomic mass is 35.7. The second-order valence-electron chi connectivity index (χ2n) is 0.409. The first-order valence-electron chi connectivity index (χ1n) is 0.960. The molecule has 5 heavy (non-hydrogen) atoms. The van der Waals surface area contributed by atoms with Crippen LogP contribution in [0.25, 0.3) is 0 Å². The van der Waals surface area contributed by atoms with E-state index in [0.717, 1.165) is 0 Å². The van der Waals surface area contributed by atoms with E-state index in [1.807, 2.05) is 0 Å². The van der Waals surface area contributed by atoms with Crippen LogP contribution in [-0.4, -0.2) is 12.0 Å². The molecule has 1 atom stereocenters. The average Bonchev–Trinajstić information content (AvgIpc) is 1.38. The molecule has 0 aliphatic rings. The van der Waals surface area contributed by atoms with Gasteiger partial charge in [-0.2, -0.15) is 0 Å². The molecule has 0 saturated heterocycles. The van der Waals surface area contributed by atoms with Gasteiger partial charge >= 0.3 is 0 Å². The highest BCUT2D eigenvalue weighted by Crippen LogP contribution is 2.34. The van der Waals surface area contributed by atoms with Crippen molar-refractivity contribution in [2.24, 2.45) is 0 Å². The summed E-state index contributed by atoms with van der Waals surface area (Å²) in [6.45, 7) is 0. The summed E-state index contributed by atoms with van der Waals surface area (Å²) in [5, 5.41) is 0. The smallest absolute Gasteiger partial charge is 0.273 e. The summed E-state index contributed by atoms with van der Waals surface area (Å²) >= 11 is 4.86. The van der Waals surface area contributed by atoms with E-state index in [9.17, 15) is 0 Å². The van der Waals surface area contributed by atoms with E-state index in [1.165, 1.54) is 7.11 Å². The predicted octanol–water partition coefficient (Wildman–Crippen LogP) is 1.09. The first kappa shape index (κ1) is 5.64. The van der Waals surface area contributed by atoms with Gasteiger partial charge in [-0.25, -0.2) is 0 Å². The zero-order valence-corrected chi connectivity index (χ0v) is 4.33. The Hall–Kier alpha value is 0.640. The van der Waals surface area contributed by atoms with E-state index in [0.29, 0.717) is 0 Å². The van der Waals surface area contributed by atoms with Crippen LogP contribution in [0.2, 0.25) is 0 Å². The summed E-state index contributed by atoms with van der Waals surface area (Å²) < 4.78 is 4.14. The SMILES string of the molecule is COP(O)Cl. The van der Waals surface area contributed by atoms with Crippen molar-refractivity contribution >= 4 is 19.0 Å². The normalized spacial score (nSPS) is 15.0. The lowest BCUT2D eigenvalue weighted by Crippen LogP contribution is -1.59. The Bertz CT molecular complexity index is 23.6. The number of hydrogen-bond donors (Lipinski definition) is 1. The topological polar surface area (TPSA) is 29.5 Å². The fourth-order valence-corrected chi connectivity index (χ4v) is 0. The van der Waals surface area contributed by atoms with E-state index in [1.54, 1.807) is 0 Å². The van der Waals surface area contributed by atoms with Crippen LogP contribution in [0.3, 0.4) is 0 Å². The van der Waals surface area contributed by atoms with Crippen LogP contribution in [-0.2, 0) is 4.52 Å². The molecule has 0 spiro atoms. The molecule has 0 aromatic rings. The van der Waals surface area contributed by atoms with Gasteiger partial charge in [-0.15, -0.1) is 0 Å². The number of hydrogen-bond acceptors (Lipinski definition) is 2. The lowest BCUT2D eigenvalue weighted by molar-refractivity contribution is 0.406. The van der Waals surface area contributed by atoms with Crippen LogP contribution in [0.1, 0.15) is 0 Å². The largest absolute Gasteiger partial charge is 0.338 e. The molecule has 1 unspecified atom stereocenters. The molecule has 0 fully saturated rings. The Kier molecular flexibility index (Phi) is 3.22. The van der Waals surface area contributed by atoms with Crippen LogP contribution in [0.15, 0.2) is 0 Å². The monoisotopic (exact) mass is 114 g/mol. The average molecular weight is 114 g/mol. The molecule has 0 aromatic carbocycles. The minimum absolute atomic E-state index is 1.35. The minimum atomic E-state index is -1.63. The zero-order chi connectivity index (χ0) is 4.28. The van der Waals surface area contributed by atoms with E-state index < -0.39 is 7.73 Å². The molecular weight excluding hydrogens is 110 g/mol. The summed E-state index contributed by atoms with van der Waals surface area (Å²) in [7, 11) is -0.280. The molecule has 0 heterocycles. The maximum absolute atomic E-state index is 7.97. The van der Waals surface area contributed by atoms with Crippen LogP contribution in [0, 0.1) is 0 Å². The summed E-state index contributed by atoms with van der Waals surface area (Å²) in [6, 6.07) is 0. The van der Waals surface area contributed by atoms with Crippen molar-refractivity contribution in [3.8, 4) is 0 Å². The van der Waals surface area contributed by atoms with E-state index in [4.69, 9.17) is 16.1 Å². The standard InChI is InChI=1S/CH4ClO2P/c1-4-5(2)3/h3H,1H3. The molecule has 2 nitrogen and oxygen atoms in total. The van der Waals surface area contributed by atoms with Crippen molar-refractivity contribution in [3.63, 3.8) is 0 Å².